The Morgan fingerprint density at radius 3 is 2.44 bits per heavy atom. The van der Waals surface area contributed by atoms with Crippen molar-refractivity contribution in [1.82, 2.24) is 4.98 Å². The molecule has 0 aliphatic heterocycles. The smallest absolute Gasteiger partial charge is 0.418 e. The van der Waals surface area contributed by atoms with Crippen LogP contribution in [0.5, 0.6) is 11.5 Å². The Labute approximate surface area is 189 Å². The average molecular weight is 492 g/mol. The van der Waals surface area contributed by atoms with Gasteiger partial charge in [-0.3, -0.25) is 4.31 Å². The number of halogens is 5. The lowest BCUT2D eigenvalue weighted by atomic mass is 10.1. The molecule has 0 spiro atoms. The van der Waals surface area contributed by atoms with Gasteiger partial charge in [-0.05, 0) is 30.1 Å². The highest BCUT2D eigenvalue weighted by atomic mass is 32.2. The molecule has 172 valence electrons. The van der Waals surface area contributed by atoms with Crippen LogP contribution in [0.25, 0.3) is 0 Å². The minimum atomic E-state index is -4.87. The third-order valence-corrected chi connectivity index (χ3v) is 6.28. The number of hydrogen-bond acceptors (Lipinski definition) is 7. The molecule has 12 heteroatoms. The van der Waals surface area contributed by atoms with E-state index in [1.165, 1.54) is 36.1 Å². The monoisotopic (exact) mass is 491 g/mol. The first-order chi connectivity index (χ1) is 15.1. The summed E-state index contributed by atoms with van der Waals surface area (Å²) >= 11 is 1.96. The molecule has 1 heterocycles. The number of thiazole rings is 1. The molecule has 0 saturated carbocycles. The van der Waals surface area contributed by atoms with Gasteiger partial charge in [-0.2, -0.15) is 13.2 Å². The van der Waals surface area contributed by atoms with E-state index in [2.05, 4.69) is 4.98 Å². The van der Waals surface area contributed by atoms with Gasteiger partial charge in [0.2, 0.25) is 0 Å². The van der Waals surface area contributed by atoms with Crippen molar-refractivity contribution in [2.24, 2.45) is 0 Å². The van der Waals surface area contributed by atoms with Crippen LogP contribution in [0, 0.1) is 5.82 Å². The normalized spacial score (nSPS) is 11.4. The molecule has 3 rings (SSSR count). The molecule has 0 aliphatic carbocycles. The molecule has 0 saturated heterocycles. The Balaban J connectivity index is 2.01. The second-order valence-corrected chi connectivity index (χ2v) is 8.33. The summed E-state index contributed by atoms with van der Waals surface area (Å²) in [5, 5.41) is 1.86. The highest BCUT2D eigenvalue weighted by Crippen LogP contribution is 2.42. The van der Waals surface area contributed by atoms with Crippen molar-refractivity contribution >= 4 is 34.1 Å². The van der Waals surface area contributed by atoms with E-state index in [4.69, 9.17) is 9.47 Å². The van der Waals surface area contributed by atoms with Crippen LogP contribution in [-0.4, -0.2) is 26.3 Å². The lowest BCUT2D eigenvalue weighted by Gasteiger charge is -2.23. The van der Waals surface area contributed by atoms with Gasteiger partial charge in [0.05, 0.1) is 36.9 Å². The van der Waals surface area contributed by atoms with Crippen molar-refractivity contribution in [2.45, 2.75) is 17.6 Å². The van der Waals surface area contributed by atoms with Gasteiger partial charge in [0.25, 0.3) is 0 Å². The van der Waals surface area contributed by atoms with Gasteiger partial charge in [-0.15, -0.1) is 15.8 Å². The molecule has 0 atom stereocenters. The van der Waals surface area contributed by atoms with Crippen LogP contribution in [0.2, 0.25) is 0 Å². The summed E-state index contributed by atoms with van der Waals surface area (Å²) < 4.78 is 80.8. The van der Waals surface area contributed by atoms with Crippen molar-refractivity contribution < 1.29 is 31.5 Å². The topological polar surface area (TPSA) is 37.8 Å². The number of ether oxygens (including phenoxy) is 2. The van der Waals surface area contributed by atoms with Crippen molar-refractivity contribution in [3.8, 4) is 11.5 Å². The van der Waals surface area contributed by atoms with E-state index < -0.39 is 23.2 Å². The van der Waals surface area contributed by atoms with Gasteiger partial charge < -0.3 is 9.47 Å². The average Bonchev–Trinajstić information content (AvgIpc) is 3.28. The van der Waals surface area contributed by atoms with Crippen LogP contribution in [-0.2, 0) is 12.7 Å². The third-order valence-electron chi connectivity index (χ3n) is 4.34. The summed E-state index contributed by atoms with van der Waals surface area (Å²) in [5.41, 5.74) is -1.52. The van der Waals surface area contributed by atoms with E-state index in [0.717, 1.165) is 19.0 Å². The minimum absolute atomic E-state index is 0.136. The molecule has 0 aliphatic rings. The Kier molecular flexibility index (Phi) is 7.34. The first kappa shape index (κ1) is 23.9. The number of hydrogen-bond donors (Lipinski definition) is 0. The van der Waals surface area contributed by atoms with Crippen molar-refractivity contribution in [1.29, 1.82) is 0 Å². The number of methoxy groups -OCH3 is 2. The predicted octanol–water partition coefficient (Wildman–Crippen LogP) is 6.35. The zero-order valence-corrected chi connectivity index (χ0v) is 18.7. The zero-order chi connectivity index (χ0) is 23.5. The molecular formula is C20H18F5N3O2S2. The Morgan fingerprint density at radius 2 is 1.88 bits per heavy atom. The highest BCUT2D eigenvalue weighted by Gasteiger charge is 2.36. The summed E-state index contributed by atoms with van der Waals surface area (Å²) in [6, 6.07) is 6.22. The van der Waals surface area contributed by atoms with Crippen LogP contribution < -0.4 is 18.9 Å². The van der Waals surface area contributed by atoms with Crippen LogP contribution in [0.1, 0.15) is 11.1 Å². The summed E-state index contributed by atoms with van der Waals surface area (Å²) in [4.78, 5) is 3.86. The van der Waals surface area contributed by atoms with E-state index >= 15 is 0 Å². The van der Waals surface area contributed by atoms with E-state index in [1.54, 1.807) is 23.6 Å². The largest absolute Gasteiger partial charge is 0.497 e. The molecule has 0 fully saturated rings. The molecule has 0 radical (unpaired) electrons. The van der Waals surface area contributed by atoms with Crippen molar-refractivity contribution in [2.75, 3.05) is 30.7 Å². The summed E-state index contributed by atoms with van der Waals surface area (Å²) in [5.74, 6) is 0.0500. The van der Waals surface area contributed by atoms with E-state index in [1.807, 2.05) is 0 Å². The number of nitrogens with zero attached hydrogens (tertiary/aromatic N) is 3. The van der Waals surface area contributed by atoms with Gasteiger partial charge in [0.15, 0.2) is 5.13 Å². The third kappa shape index (κ3) is 5.36. The number of alkyl halides is 3. The second-order valence-electron chi connectivity index (χ2n) is 6.40. The van der Waals surface area contributed by atoms with Crippen LogP contribution >= 0.6 is 23.3 Å². The summed E-state index contributed by atoms with van der Waals surface area (Å²) in [6.45, 7) is 0.136. The molecule has 0 amide bonds. The van der Waals surface area contributed by atoms with Gasteiger partial charge in [-0.25, -0.2) is 14.5 Å². The van der Waals surface area contributed by atoms with Gasteiger partial charge in [0, 0.05) is 36.3 Å². The van der Waals surface area contributed by atoms with Crippen molar-refractivity contribution in [3.63, 3.8) is 0 Å². The van der Waals surface area contributed by atoms with E-state index in [-0.39, 0.29) is 16.6 Å². The maximum Gasteiger partial charge on any atom is 0.418 e. The first-order valence-electron chi connectivity index (χ1n) is 9.00. The quantitative estimate of drug-likeness (QED) is 0.208. The Bertz CT molecular complexity index is 1060. The van der Waals surface area contributed by atoms with Crippen LogP contribution in [0.3, 0.4) is 0 Å². The molecule has 2 aromatic carbocycles. The zero-order valence-electron chi connectivity index (χ0n) is 17.1. The number of benzene rings is 2. The lowest BCUT2D eigenvalue weighted by molar-refractivity contribution is -0.137. The predicted molar refractivity (Wildman–Crippen MR) is 115 cm³/mol. The number of aromatic nitrogens is 1. The molecule has 32 heavy (non-hydrogen) atoms. The first-order valence-corrected chi connectivity index (χ1v) is 10.7. The van der Waals surface area contributed by atoms with Crippen LogP contribution in [0.4, 0.5) is 32.9 Å². The SMILES string of the molecule is COc1ccc(CN(Sc2cc(C(F)(F)F)c(N(C)F)cc2F)c2nccs2)c(OC)c1. The highest BCUT2D eigenvalue weighted by molar-refractivity contribution is 8.00. The molecule has 3 aromatic rings. The summed E-state index contributed by atoms with van der Waals surface area (Å²) in [7, 11) is 3.75. The van der Waals surface area contributed by atoms with Crippen molar-refractivity contribution in [3.05, 3.63) is 58.9 Å². The number of rotatable bonds is 8. The molecule has 0 unspecified atom stereocenters. The Hall–Kier alpha value is -2.73. The fourth-order valence-electron chi connectivity index (χ4n) is 2.83. The maximum absolute atomic E-state index is 14.7. The fourth-order valence-corrected chi connectivity index (χ4v) is 4.50. The maximum atomic E-state index is 14.7. The van der Waals surface area contributed by atoms with Crippen LogP contribution in [0.15, 0.2) is 46.8 Å². The molecule has 1 aromatic heterocycles. The van der Waals surface area contributed by atoms with Gasteiger partial charge >= 0.3 is 6.18 Å². The van der Waals surface area contributed by atoms with E-state index in [0.29, 0.717) is 34.3 Å². The van der Waals surface area contributed by atoms with Gasteiger partial charge in [0.1, 0.15) is 17.3 Å². The lowest BCUT2D eigenvalue weighted by Crippen LogP contribution is -2.17. The van der Waals surface area contributed by atoms with Gasteiger partial charge in [-0.1, -0.05) is 0 Å². The summed E-state index contributed by atoms with van der Waals surface area (Å²) in [6.07, 6.45) is -3.35. The molecule has 5 nitrogen and oxygen atoms in total. The standard InChI is InChI=1S/C20H18F5N3O2S2/c1-27(25)16-10-15(21)18(9-14(16)20(22,23)24)32-28(19-26-6-7-31-19)11-12-4-5-13(29-2)8-17(12)30-3/h4-10H,11H2,1-3H3. The number of anilines is 2. The fraction of sp³-hybridized carbons (Fsp3) is 0.250. The van der Waals surface area contributed by atoms with E-state index in [9.17, 15) is 22.0 Å². The minimum Gasteiger partial charge on any atom is -0.497 e. The molecule has 0 N–H and O–H groups in total. The second kappa shape index (κ2) is 9.82. The molecule has 0 bridgehead atoms. The molecular weight excluding hydrogens is 473 g/mol. The Morgan fingerprint density at radius 1 is 1.12 bits per heavy atom.